The fourth-order valence-corrected chi connectivity index (χ4v) is 9.40. The fourth-order valence-electron chi connectivity index (χ4n) is 8.54. The monoisotopic (exact) mass is 526 g/mol. The third kappa shape index (κ3) is 4.65. The predicted molar refractivity (Wildman–Crippen MR) is 130 cm³/mol. The Balaban J connectivity index is 1.34. The Bertz CT molecular complexity index is 1110. The maximum atomic E-state index is 13.7. The van der Waals surface area contributed by atoms with Crippen molar-refractivity contribution in [2.75, 3.05) is 0 Å². The van der Waals surface area contributed by atoms with Crippen LogP contribution in [-0.4, -0.2) is 20.6 Å². The maximum absolute atomic E-state index is 13.7. The number of benzene rings is 1. The van der Waals surface area contributed by atoms with Crippen LogP contribution in [-0.2, 0) is 25.5 Å². The second-order valence-electron chi connectivity index (χ2n) is 12.0. The van der Waals surface area contributed by atoms with E-state index >= 15 is 0 Å². The van der Waals surface area contributed by atoms with Crippen LogP contribution in [0.5, 0.6) is 0 Å². The van der Waals surface area contributed by atoms with Gasteiger partial charge in [0.2, 0.25) is 0 Å². The van der Waals surface area contributed by atoms with E-state index in [9.17, 15) is 26.4 Å². The number of alkyl halides is 3. The van der Waals surface area contributed by atoms with Crippen molar-refractivity contribution in [1.29, 1.82) is 0 Å². The van der Waals surface area contributed by atoms with Crippen LogP contribution < -0.4 is 0 Å². The molecule has 0 saturated heterocycles. The number of aryl methyl sites for hydroxylation is 1. The van der Waals surface area contributed by atoms with Crippen molar-refractivity contribution in [1.82, 2.24) is 0 Å². The molecule has 4 nitrogen and oxygen atoms in total. The van der Waals surface area contributed by atoms with E-state index < -0.39 is 21.4 Å². The van der Waals surface area contributed by atoms with Crippen LogP contribution >= 0.6 is 0 Å². The minimum Gasteiger partial charge on any atom is -0.299 e. The molecular formula is C28H37F3O4S. The van der Waals surface area contributed by atoms with Gasteiger partial charge in [0, 0.05) is 11.8 Å². The normalized spacial score (nSPS) is 33.9. The lowest BCUT2D eigenvalue weighted by atomic mass is 9.53. The van der Waals surface area contributed by atoms with Gasteiger partial charge in [-0.3, -0.25) is 4.79 Å². The molecule has 5 rings (SSSR count). The third-order valence-corrected chi connectivity index (χ3v) is 11.6. The Morgan fingerprint density at radius 3 is 2.47 bits per heavy atom. The Morgan fingerprint density at radius 1 is 1.06 bits per heavy atom. The summed E-state index contributed by atoms with van der Waals surface area (Å²) >= 11 is 0. The Hall–Kier alpha value is -1.41. The molecule has 0 radical (unpaired) electrons. The zero-order valence-electron chi connectivity index (χ0n) is 21.1. The number of halogens is 3. The standard InChI is InChI=1S/C28H37F3O4S/c1-17(18-6-4-3-5-7-18)26(32)25-13-12-24-23-10-8-19-16-20(36(33,34)35-28(29,30)31)9-11-21(19)22(23)14-15-27(24,25)2/h9,11,16-18,22-25H,3-8,10,12-15H2,1-2H3/t17?,22-,23-,24+,25-,27+/m1/s1. The first-order valence-corrected chi connectivity index (χ1v) is 15.0. The van der Waals surface area contributed by atoms with E-state index in [1.165, 1.54) is 44.2 Å². The lowest BCUT2D eigenvalue weighted by molar-refractivity contribution is -0.271. The summed E-state index contributed by atoms with van der Waals surface area (Å²) in [5.74, 6) is 2.39. The highest BCUT2D eigenvalue weighted by Gasteiger charge is 2.57. The van der Waals surface area contributed by atoms with Crippen LogP contribution in [0, 0.1) is 35.0 Å². The molecule has 0 aromatic heterocycles. The largest absolute Gasteiger partial charge is 0.537 e. The minimum absolute atomic E-state index is 0.00249. The average Bonchev–Trinajstić information content (AvgIpc) is 3.19. The molecule has 1 aromatic rings. The van der Waals surface area contributed by atoms with Gasteiger partial charge in [-0.2, -0.15) is 12.6 Å². The highest BCUT2D eigenvalue weighted by Crippen LogP contribution is 2.63. The van der Waals surface area contributed by atoms with Crippen LogP contribution in [0.15, 0.2) is 23.1 Å². The van der Waals surface area contributed by atoms with E-state index in [1.54, 1.807) is 6.07 Å². The summed E-state index contributed by atoms with van der Waals surface area (Å²) in [7, 11) is -4.90. The molecule has 0 spiro atoms. The first kappa shape index (κ1) is 26.2. The van der Waals surface area contributed by atoms with Crippen molar-refractivity contribution < 1.29 is 30.6 Å². The van der Waals surface area contributed by atoms with Crippen LogP contribution in [0.1, 0.15) is 95.1 Å². The molecule has 3 fully saturated rings. The van der Waals surface area contributed by atoms with Gasteiger partial charge in [0.25, 0.3) is 0 Å². The van der Waals surface area contributed by atoms with Gasteiger partial charge in [0.1, 0.15) is 5.78 Å². The highest BCUT2D eigenvalue weighted by atomic mass is 32.2. The third-order valence-electron chi connectivity index (χ3n) is 10.3. The molecule has 0 aliphatic heterocycles. The Labute approximate surface area is 212 Å². The fraction of sp³-hybridized carbons (Fsp3) is 0.750. The van der Waals surface area contributed by atoms with Gasteiger partial charge in [0.15, 0.2) is 0 Å². The molecule has 36 heavy (non-hydrogen) atoms. The van der Waals surface area contributed by atoms with Crippen molar-refractivity contribution >= 4 is 15.9 Å². The molecule has 1 aromatic carbocycles. The highest BCUT2D eigenvalue weighted by molar-refractivity contribution is 7.86. The number of ketones is 1. The van der Waals surface area contributed by atoms with Gasteiger partial charge in [0.05, 0.1) is 4.90 Å². The summed E-state index contributed by atoms with van der Waals surface area (Å²) < 4.78 is 65.4. The van der Waals surface area contributed by atoms with Crippen LogP contribution in [0.2, 0.25) is 0 Å². The SMILES string of the molecule is CC(C(=O)[C@H]1CC[C@H]2[C@@H]3CCc4cc(S(=O)(=O)OC(F)(F)F)ccc4[C@H]3CC[C@]12C)C1CCCCC1. The van der Waals surface area contributed by atoms with Gasteiger partial charge in [-0.15, -0.1) is 13.2 Å². The van der Waals surface area contributed by atoms with E-state index in [4.69, 9.17) is 0 Å². The summed E-state index contributed by atoms with van der Waals surface area (Å²) in [6, 6.07) is 4.32. The number of fused-ring (bicyclic) bond motifs is 5. The van der Waals surface area contributed by atoms with E-state index in [2.05, 4.69) is 18.0 Å². The molecule has 3 saturated carbocycles. The van der Waals surface area contributed by atoms with Gasteiger partial charge in [-0.05, 0) is 104 Å². The second-order valence-corrected chi connectivity index (χ2v) is 13.6. The predicted octanol–water partition coefficient (Wildman–Crippen LogP) is 7.17. The Kier molecular flexibility index (Phi) is 6.85. The van der Waals surface area contributed by atoms with Crippen LogP contribution in [0.25, 0.3) is 0 Å². The topological polar surface area (TPSA) is 60.4 Å². The Morgan fingerprint density at radius 2 is 1.78 bits per heavy atom. The number of rotatable bonds is 5. The van der Waals surface area contributed by atoms with E-state index in [0.717, 1.165) is 43.2 Å². The van der Waals surface area contributed by atoms with Crippen molar-refractivity contribution in [3.63, 3.8) is 0 Å². The molecule has 6 atom stereocenters. The number of hydrogen-bond donors (Lipinski definition) is 0. The lowest BCUT2D eigenvalue weighted by Crippen LogP contribution is -2.45. The van der Waals surface area contributed by atoms with Crippen LogP contribution in [0.4, 0.5) is 13.2 Å². The maximum Gasteiger partial charge on any atom is 0.537 e. The quantitative estimate of drug-likeness (QED) is 0.382. The summed E-state index contributed by atoms with van der Waals surface area (Å²) in [5, 5.41) is 0. The first-order valence-electron chi connectivity index (χ1n) is 13.6. The summed E-state index contributed by atoms with van der Waals surface area (Å²) in [6.45, 7) is 4.49. The first-order chi connectivity index (χ1) is 16.9. The van der Waals surface area contributed by atoms with Crippen LogP contribution in [0.3, 0.4) is 0 Å². The lowest BCUT2D eigenvalue weighted by Gasteiger charge is -2.51. The zero-order chi connectivity index (χ0) is 25.9. The molecule has 200 valence electrons. The molecule has 4 aliphatic rings. The molecular weight excluding hydrogens is 489 g/mol. The van der Waals surface area contributed by atoms with Gasteiger partial charge in [-0.1, -0.05) is 39.2 Å². The number of carbonyl (C=O) groups excluding carboxylic acids is 1. The van der Waals surface area contributed by atoms with Crippen molar-refractivity contribution in [2.24, 2.45) is 35.0 Å². The molecule has 0 N–H and O–H groups in total. The molecule has 8 heteroatoms. The molecule has 0 amide bonds. The smallest absolute Gasteiger partial charge is 0.299 e. The molecule has 1 unspecified atom stereocenters. The summed E-state index contributed by atoms with van der Waals surface area (Å²) in [5.41, 5.74) is 1.87. The van der Waals surface area contributed by atoms with Crippen molar-refractivity contribution in [2.45, 2.75) is 102 Å². The average molecular weight is 527 g/mol. The second kappa shape index (κ2) is 9.40. The van der Waals surface area contributed by atoms with E-state index in [-0.39, 0.29) is 23.2 Å². The zero-order valence-corrected chi connectivity index (χ0v) is 22.0. The number of carbonyl (C=O) groups is 1. The van der Waals surface area contributed by atoms with Gasteiger partial charge < -0.3 is 0 Å². The number of hydrogen-bond acceptors (Lipinski definition) is 4. The van der Waals surface area contributed by atoms with Gasteiger partial charge >= 0.3 is 16.5 Å². The van der Waals surface area contributed by atoms with Crippen molar-refractivity contribution in [3.8, 4) is 0 Å². The molecule has 4 aliphatic carbocycles. The molecule has 0 bridgehead atoms. The van der Waals surface area contributed by atoms with E-state index in [0.29, 0.717) is 30.0 Å². The summed E-state index contributed by atoms with van der Waals surface area (Å²) in [4.78, 5) is 13.3. The number of Topliss-reactive ketones (excluding diaryl/α,β-unsaturated/α-hetero) is 1. The van der Waals surface area contributed by atoms with E-state index in [1.807, 2.05) is 0 Å². The van der Waals surface area contributed by atoms with Crippen molar-refractivity contribution in [3.05, 3.63) is 29.3 Å². The van der Waals surface area contributed by atoms with Gasteiger partial charge in [-0.25, -0.2) is 0 Å². The molecule has 0 heterocycles. The summed E-state index contributed by atoms with van der Waals surface area (Å²) in [6.07, 6.45) is 6.26. The minimum atomic E-state index is -5.25.